The SMILES string of the molecule is O=C(Cl)CCc1cccc(OC(F)(F)F)c1. The zero-order valence-corrected chi connectivity index (χ0v) is 8.81. The predicted octanol–water partition coefficient (Wildman–Crippen LogP) is 3.28. The molecule has 0 aliphatic heterocycles. The molecular weight excluding hydrogens is 245 g/mol. The summed E-state index contributed by atoms with van der Waals surface area (Å²) in [7, 11) is 0. The Morgan fingerprint density at radius 1 is 1.38 bits per heavy atom. The lowest BCUT2D eigenvalue weighted by Gasteiger charge is -2.09. The van der Waals surface area contributed by atoms with E-state index >= 15 is 0 Å². The molecule has 2 nitrogen and oxygen atoms in total. The summed E-state index contributed by atoms with van der Waals surface area (Å²) in [5.41, 5.74) is 0.566. The van der Waals surface area contributed by atoms with Crippen LogP contribution in [-0.4, -0.2) is 11.6 Å². The molecule has 0 saturated carbocycles. The van der Waals surface area contributed by atoms with Crippen molar-refractivity contribution in [1.29, 1.82) is 0 Å². The van der Waals surface area contributed by atoms with Gasteiger partial charge < -0.3 is 4.74 Å². The third kappa shape index (κ3) is 5.02. The summed E-state index contributed by atoms with van der Waals surface area (Å²) in [5.74, 6) is -0.299. The summed E-state index contributed by atoms with van der Waals surface area (Å²) in [4.78, 5) is 10.5. The molecule has 16 heavy (non-hydrogen) atoms. The average Bonchev–Trinajstić information content (AvgIpc) is 2.12. The van der Waals surface area contributed by atoms with Crippen molar-refractivity contribution in [3.05, 3.63) is 29.8 Å². The molecule has 0 heterocycles. The molecule has 1 aromatic rings. The van der Waals surface area contributed by atoms with E-state index in [0.29, 0.717) is 5.56 Å². The Bertz CT molecular complexity index is 377. The van der Waals surface area contributed by atoms with Crippen molar-refractivity contribution in [3.8, 4) is 5.75 Å². The van der Waals surface area contributed by atoms with Gasteiger partial charge in [-0.15, -0.1) is 13.2 Å². The second-order valence-electron chi connectivity index (χ2n) is 3.05. The number of benzene rings is 1. The van der Waals surface area contributed by atoms with Gasteiger partial charge in [-0.1, -0.05) is 12.1 Å². The first-order valence-corrected chi connectivity index (χ1v) is 4.77. The highest BCUT2D eigenvalue weighted by Crippen LogP contribution is 2.23. The van der Waals surface area contributed by atoms with E-state index in [2.05, 4.69) is 4.74 Å². The summed E-state index contributed by atoms with van der Waals surface area (Å²) in [6, 6.07) is 5.45. The topological polar surface area (TPSA) is 26.3 Å². The number of hydrogen-bond acceptors (Lipinski definition) is 2. The molecule has 0 bridgehead atoms. The summed E-state index contributed by atoms with van der Waals surface area (Å²) in [6.07, 6.45) is -4.34. The molecule has 0 radical (unpaired) electrons. The molecule has 0 spiro atoms. The number of hydrogen-bond donors (Lipinski definition) is 0. The molecule has 0 aliphatic rings. The zero-order chi connectivity index (χ0) is 12.2. The minimum atomic E-state index is -4.71. The smallest absolute Gasteiger partial charge is 0.406 e. The van der Waals surface area contributed by atoms with Gasteiger partial charge in [-0.05, 0) is 35.7 Å². The highest BCUT2D eigenvalue weighted by molar-refractivity contribution is 6.63. The van der Waals surface area contributed by atoms with Gasteiger partial charge in [0.15, 0.2) is 0 Å². The number of carbonyl (C=O) groups excluding carboxylic acids is 1. The van der Waals surface area contributed by atoms with E-state index in [1.165, 1.54) is 18.2 Å². The fourth-order valence-corrected chi connectivity index (χ4v) is 1.24. The van der Waals surface area contributed by atoms with Crippen molar-refractivity contribution < 1.29 is 22.7 Å². The van der Waals surface area contributed by atoms with Crippen molar-refractivity contribution in [2.45, 2.75) is 19.2 Å². The van der Waals surface area contributed by atoms with Crippen LogP contribution in [-0.2, 0) is 11.2 Å². The van der Waals surface area contributed by atoms with Gasteiger partial charge in [0.25, 0.3) is 0 Å². The Morgan fingerprint density at radius 3 is 2.62 bits per heavy atom. The number of rotatable bonds is 4. The van der Waals surface area contributed by atoms with Crippen molar-refractivity contribution in [3.63, 3.8) is 0 Å². The van der Waals surface area contributed by atoms with E-state index in [1.54, 1.807) is 6.07 Å². The first kappa shape index (κ1) is 12.8. The fourth-order valence-electron chi connectivity index (χ4n) is 1.14. The lowest BCUT2D eigenvalue weighted by atomic mass is 10.1. The first-order chi connectivity index (χ1) is 7.37. The van der Waals surface area contributed by atoms with Gasteiger partial charge >= 0.3 is 6.36 Å². The first-order valence-electron chi connectivity index (χ1n) is 4.40. The molecule has 0 N–H and O–H groups in total. The molecule has 0 aromatic heterocycles. The van der Waals surface area contributed by atoms with Crippen molar-refractivity contribution in [1.82, 2.24) is 0 Å². The van der Waals surface area contributed by atoms with Crippen molar-refractivity contribution in [2.75, 3.05) is 0 Å². The summed E-state index contributed by atoms with van der Waals surface area (Å²) >= 11 is 5.12. The Labute approximate surface area is 95.0 Å². The van der Waals surface area contributed by atoms with E-state index in [-0.39, 0.29) is 18.6 Å². The molecule has 0 saturated heterocycles. The van der Waals surface area contributed by atoms with Crippen LogP contribution >= 0.6 is 11.6 Å². The molecule has 0 fully saturated rings. The second kappa shape index (κ2) is 5.21. The van der Waals surface area contributed by atoms with Crippen LogP contribution in [0.15, 0.2) is 24.3 Å². The monoisotopic (exact) mass is 252 g/mol. The highest BCUT2D eigenvalue weighted by Gasteiger charge is 2.31. The van der Waals surface area contributed by atoms with Gasteiger partial charge in [-0.2, -0.15) is 0 Å². The molecule has 0 amide bonds. The molecule has 0 aliphatic carbocycles. The largest absolute Gasteiger partial charge is 0.573 e. The summed E-state index contributed by atoms with van der Waals surface area (Å²) < 4.78 is 39.4. The third-order valence-electron chi connectivity index (χ3n) is 1.74. The van der Waals surface area contributed by atoms with Gasteiger partial charge in [0, 0.05) is 6.42 Å². The van der Waals surface area contributed by atoms with Crippen LogP contribution < -0.4 is 4.74 Å². The van der Waals surface area contributed by atoms with Crippen LogP contribution in [0.25, 0.3) is 0 Å². The van der Waals surface area contributed by atoms with Gasteiger partial charge in [-0.25, -0.2) is 0 Å². The van der Waals surface area contributed by atoms with Crippen LogP contribution in [0, 0.1) is 0 Å². The van der Waals surface area contributed by atoms with Crippen molar-refractivity contribution in [2.24, 2.45) is 0 Å². The highest BCUT2D eigenvalue weighted by atomic mass is 35.5. The maximum Gasteiger partial charge on any atom is 0.573 e. The molecular formula is C10H8ClF3O2. The van der Waals surface area contributed by atoms with Crippen LogP contribution in [0.1, 0.15) is 12.0 Å². The molecule has 0 atom stereocenters. The Balaban J connectivity index is 2.67. The van der Waals surface area contributed by atoms with Gasteiger partial charge in [0.05, 0.1) is 0 Å². The molecule has 1 rings (SSSR count). The minimum Gasteiger partial charge on any atom is -0.406 e. The zero-order valence-electron chi connectivity index (χ0n) is 8.05. The number of alkyl halides is 3. The van der Waals surface area contributed by atoms with Crippen LogP contribution in [0.5, 0.6) is 5.75 Å². The maximum absolute atomic E-state index is 11.9. The predicted molar refractivity (Wildman–Crippen MR) is 52.3 cm³/mol. The van der Waals surface area contributed by atoms with Gasteiger partial charge in [-0.3, -0.25) is 4.79 Å². The number of halogens is 4. The molecule has 88 valence electrons. The third-order valence-corrected chi connectivity index (χ3v) is 1.93. The minimum absolute atomic E-state index is 0.0804. The molecule has 1 aromatic carbocycles. The van der Waals surface area contributed by atoms with Crippen LogP contribution in [0.2, 0.25) is 0 Å². The Hall–Kier alpha value is -1.23. The quantitative estimate of drug-likeness (QED) is 0.769. The van der Waals surface area contributed by atoms with Crippen LogP contribution in [0.4, 0.5) is 13.2 Å². The normalized spacial score (nSPS) is 11.2. The lowest BCUT2D eigenvalue weighted by Crippen LogP contribution is -2.17. The number of carbonyl (C=O) groups is 1. The Kier molecular flexibility index (Phi) is 4.18. The van der Waals surface area contributed by atoms with E-state index in [9.17, 15) is 18.0 Å². The fraction of sp³-hybridized carbons (Fsp3) is 0.300. The lowest BCUT2D eigenvalue weighted by molar-refractivity contribution is -0.274. The van der Waals surface area contributed by atoms with E-state index in [1.807, 2.05) is 0 Å². The van der Waals surface area contributed by atoms with Crippen LogP contribution in [0.3, 0.4) is 0 Å². The van der Waals surface area contributed by atoms with E-state index in [4.69, 9.17) is 11.6 Å². The number of aryl methyl sites for hydroxylation is 1. The Morgan fingerprint density at radius 2 is 2.06 bits per heavy atom. The number of ether oxygens (including phenoxy) is 1. The standard InChI is InChI=1S/C10H8ClF3O2/c11-9(15)5-4-7-2-1-3-8(6-7)16-10(12,13)14/h1-3,6H,4-5H2. The summed E-state index contributed by atoms with van der Waals surface area (Å²) in [6.45, 7) is 0. The second-order valence-corrected chi connectivity index (χ2v) is 3.47. The van der Waals surface area contributed by atoms with E-state index in [0.717, 1.165) is 0 Å². The maximum atomic E-state index is 11.9. The molecule has 0 unspecified atom stereocenters. The van der Waals surface area contributed by atoms with Gasteiger partial charge in [0.2, 0.25) is 5.24 Å². The van der Waals surface area contributed by atoms with Crippen molar-refractivity contribution >= 4 is 16.8 Å². The van der Waals surface area contributed by atoms with Gasteiger partial charge in [0.1, 0.15) is 5.75 Å². The molecule has 6 heteroatoms. The van der Waals surface area contributed by atoms with E-state index < -0.39 is 11.6 Å². The average molecular weight is 253 g/mol. The summed E-state index contributed by atoms with van der Waals surface area (Å²) in [5, 5.41) is -0.526.